The highest BCUT2D eigenvalue weighted by atomic mass is 79.9. The molecule has 0 radical (unpaired) electrons. The van der Waals surface area contributed by atoms with Crippen LogP contribution in [0.2, 0.25) is 0 Å². The minimum atomic E-state index is 0.693. The van der Waals surface area contributed by atoms with E-state index in [0.29, 0.717) is 5.92 Å². The van der Waals surface area contributed by atoms with Gasteiger partial charge < -0.3 is 5.32 Å². The summed E-state index contributed by atoms with van der Waals surface area (Å²) in [6.45, 7) is 2.33. The topological polar surface area (TPSA) is 42.2 Å². The summed E-state index contributed by atoms with van der Waals surface area (Å²) in [6.07, 6.45) is 2.08. The van der Waals surface area contributed by atoms with E-state index >= 15 is 0 Å². The van der Waals surface area contributed by atoms with Gasteiger partial charge in [0, 0.05) is 5.92 Å². The van der Waals surface area contributed by atoms with Crippen molar-refractivity contribution in [3.05, 3.63) is 15.8 Å². The third kappa shape index (κ3) is 1.15. The fraction of sp³-hybridized carbons (Fsp3) is 0.556. The Kier molecular flexibility index (Phi) is 1.62. The minimum Gasteiger partial charge on any atom is -0.316 e. The molecule has 1 saturated carbocycles. The van der Waals surface area contributed by atoms with E-state index in [4.69, 9.17) is 0 Å². The Hall–Kier alpha value is -0.460. The molecule has 2 aromatic heterocycles. The molecule has 3 heterocycles. The van der Waals surface area contributed by atoms with Crippen molar-refractivity contribution in [3.63, 3.8) is 0 Å². The van der Waals surface area contributed by atoms with Gasteiger partial charge in [0.25, 0.3) is 0 Å². The lowest BCUT2D eigenvalue weighted by atomic mass is 10.2. The molecule has 0 spiro atoms. The first-order valence-corrected chi connectivity index (χ1v) is 6.66. The van der Waals surface area contributed by atoms with Crippen LogP contribution in [0.5, 0.6) is 0 Å². The summed E-state index contributed by atoms with van der Waals surface area (Å²) in [6, 6.07) is 0. The van der Waals surface area contributed by atoms with E-state index in [9.17, 15) is 0 Å². The van der Waals surface area contributed by atoms with Crippen LogP contribution in [-0.4, -0.2) is 27.7 Å². The lowest BCUT2D eigenvalue weighted by Crippen LogP contribution is -2.14. The molecule has 0 amide bonds. The molecule has 2 fully saturated rings. The molecule has 78 valence electrons. The molecule has 1 N–H and O–H groups in total. The predicted molar refractivity (Wildman–Crippen MR) is 61.2 cm³/mol. The Morgan fingerprint density at radius 2 is 2.27 bits per heavy atom. The van der Waals surface area contributed by atoms with Gasteiger partial charge in [-0.25, -0.2) is 9.50 Å². The first kappa shape index (κ1) is 8.66. The summed E-state index contributed by atoms with van der Waals surface area (Å²) in [5, 5.41) is 7.71. The fourth-order valence-electron chi connectivity index (χ4n) is 2.71. The van der Waals surface area contributed by atoms with Gasteiger partial charge in [0.2, 0.25) is 4.96 Å². The predicted octanol–water partition coefficient (Wildman–Crippen LogP) is 1.49. The van der Waals surface area contributed by atoms with Crippen LogP contribution in [0, 0.1) is 11.8 Å². The molecular weight excluding hydrogens is 276 g/mol. The van der Waals surface area contributed by atoms with E-state index in [0.717, 1.165) is 33.8 Å². The smallest absolute Gasteiger partial charge is 0.213 e. The highest BCUT2D eigenvalue weighted by molar-refractivity contribution is 9.11. The zero-order valence-corrected chi connectivity index (χ0v) is 10.3. The molecule has 1 saturated heterocycles. The minimum absolute atomic E-state index is 0.693. The first-order valence-electron chi connectivity index (χ1n) is 5.05. The van der Waals surface area contributed by atoms with Gasteiger partial charge in [-0.15, -0.1) is 5.10 Å². The normalized spacial score (nSPS) is 33.5. The number of nitrogens with one attached hydrogen (secondary N) is 1. The second-order valence-electron chi connectivity index (χ2n) is 4.26. The molecule has 6 heteroatoms. The Morgan fingerprint density at radius 3 is 3.00 bits per heavy atom. The van der Waals surface area contributed by atoms with Gasteiger partial charge >= 0.3 is 0 Å². The highest BCUT2D eigenvalue weighted by Crippen LogP contribution is 2.55. The number of nitrogens with zero attached hydrogens (tertiary/aromatic N) is 3. The van der Waals surface area contributed by atoms with Crippen molar-refractivity contribution >= 4 is 32.2 Å². The standard InChI is InChI=1S/C9H9BrN4S/c10-8-13-14-3-6(12-9(14)15-8)7-4-1-11-2-5(4)7/h3-5,7,11H,1-2H2. The average Bonchev–Trinajstić information content (AvgIpc) is 2.61. The zero-order chi connectivity index (χ0) is 9.99. The van der Waals surface area contributed by atoms with Crippen LogP contribution in [0.4, 0.5) is 0 Å². The van der Waals surface area contributed by atoms with Crippen molar-refractivity contribution in [3.8, 4) is 0 Å². The highest BCUT2D eigenvalue weighted by Gasteiger charge is 2.54. The molecule has 1 aliphatic carbocycles. The molecule has 2 aromatic rings. The van der Waals surface area contributed by atoms with E-state index in [1.54, 1.807) is 11.3 Å². The van der Waals surface area contributed by atoms with Gasteiger partial charge in [0.1, 0.15) is 0 Å². The maximum Gasteiger partial charge on any atom is 0.213 e. The molecule has 0 aromatic carbocycles. The Morgan fingerprint density at radius 1 is 1.47 bits per heavy atom. The third-order valence-corrected chi connectivity index (χ3v) is 4.83. The van der Waals surface area contributed by atoms with Crippen LogP contribution in [0.3, 0.4) is 0 Å². The van der Waals surface area contributed by atoms with E-state index in [2.05, 4.69) is 37.5 Å². The summed E-state index contributed by atoms with van der Waals surface area (Å²) in [5.41, 5.74) is 1.23. The first-order chi connectivity index (χ1) is 7.33. The number of rotatable bonds is 1. The van der Waals surface area contributed by atoms with E-state index in [1.165, 1.54) is 5.69 Å². The SMILES string of the molecule is Brc1nn2cc(C3C4CNCC43)nc2s1. The summed E-state index contributed by atoms with van der Waals surface area (Å²) in [5.74, 6) is 2.36. The van der Waals surface area contributed by atoms with Crippen molar-refractivity contribution in [2.75, 3.05) is 13.1 Å². The lowest BCUT2D eigenvalue weighted by Gasteiger charge is -1.99. The Labute approximate surface area is 98.8 Å². The number of aromatic nitrogens is 3. The van der Waals surface area contributed by atoms with Gasteiger partial charge in [-0.05, 0) is 40.9 Å². The maximum atomic E-state index is 4.64. The Balaban J connectivity index is 1.74. The van der Waals surface area contributed by atoms with Gasteiger partial charge in [-0.1, -0.05) is 11.3 Å². The van der Waals surface area contributed by atoms with Gasteiger partial charge in [-0.2, -0.15) is 0 Å². The van der Waals surface area contributed by atoms with E-state index < -0.39 is 0 Å². The number of piperidine rings is 1. The number of halogens is 1. The molecule has 4 rings (SSSR count). The van der Waals surface area contributed by atoms with Crippen molar-refractivity contribution < 1.29 is 0 Å². The summed E-state index contributed by atoms with van der Waals surface area (Å²) >= 11 is 4.95. The zero-order valence-electron chi connectivity index (χ0n) is 7.85. The molecule has 2 aliphatic rings. The van der Waals surface area contributed by atoms with E-state index in [-0.39, 0.29) is 0 Å². The van der Waals surface area contributed by atoms with Crippen molar-refractivity contribution in [1.82, 2.24) is 19.9 Å². The number of fused-ring (bicyclic) bond motifs is 2. The number of hydrogen-bond acceptors (Lipinski definition) is 4. The van der Waals surface area contributed by atoms with Crippen molar-refractivity contribution in [1.29, 1.82) is 0 Å². The molecule has 15 heavy (non-hydrogen) atoms. The molecule has 4 nitrogen and oxygen atoms in total. The van der Waals surface area contributed by atoms with Crippen LogP contribution in [0.1, 0.15) is 11.6 Å². The number of hydrogen-bond donors (Lipinski definition) is 1. The molecule has 0 bridgehead atoms. The van der Waals surface area contributed by atoms with E-state index in [1.807, 2.05) is 4.52 Å². The largest absolute Gasteiger partial charge is 0.316 e. The van der Waals surface area contributed by atoms with Crippen LogP contribution in [0.25, 0.3) is 4.96 Å². The van der Waals surface area contributed by atoms with Gasteiger partial charge in [0.15, 0.2) is 3.92 Å². The monoisotopic (exact) mass is 284 g/mol. The number of imidazole rings is 1. The summed E-state index contributed by atoms with van der Waals surface area (Å²) < 4.78 is 2.78. The van der Waals surface area contributed by atoms with Crippen molar-refractivity contribution in [2.45, 2.75) is 5.92 Å². The van der Waals surface area contributed by atoms with Crippen molar-refractivity contribution in [2.24, 2.45) is 11.8 Å². The van der Waals surface area contributed by atoms with Crippen LogP contribution in [0.15, 0.2) is 10.1 Å². The molecule has 2 unspecified atom stereocenters. The summed E-state index contributed by atoms with van der Waals surface area (Å²) in [4.78, 5) is 5.63. The van der Waals surface area contributed by atoms with Crippen LogP contribution >= 0.6 is 27.3 Å². The summed E-state index contributed by atoms with van der Waals surface area (Å²) in [7, 11) is 0. The molecule has 2 atom stereocenters. The second-order valence-corrected chi connectivity index (χ2v) is 6.49. The third-order valence-electron chi connectivity index (χ3n) is 3.47. The maximum absolute atomic E-state index is 4.64. The molecule has 1 aliphatic heterocycles. The van der Waals surface area contributed by atoms with Crippen LogP contribution < -0.4 is 5.32 Å². The average molecular weight is 285 g/mol. The second kappa shape index (κ2) is 2.81. The van der Waals surface area contributed by atoms with Gasteiger partial charge in [0.05, 0.1) is 11.9 Å². The fourth-order valence-corrected chi connectivity index (χ4v) is 3.93. The molecular formula is C9H9BrN4S. The quantitative estimate of drug-likeness (QED) is 0.863. The van der Waals surface area contributed by atoms with Crippen LogP contribution in [-0.2, 0) is 0 Å². The Bertz CT molecular complexity index is 492. The van der Waals surface area contributed by atoms with Gasteiger partial charge in [-0.3, -0.25) is 0 Å². The lowest BCUT2D eigenvalue weighted by molar-refractivity contribution is 0.676.